The quantitative estimate of drug-likeness (QED) is 0.400. The van der Waals surface area contributed by atoms with Crippen LogP contribution in [-0.2, 0) is 0 Å². The highest BCUT2D eigenvalue weighted by Gasteiger charge is 2.26. The Labute approximate surface area is 148 Å². The summed E-state index contributed by atoms with van der Waals surface area (Å²) in [5.41, 5.74) is 5.33. The minimum Gasteiger partial charge on any atom is -0.454 e. The fraction of sp³-hybridized carbons (Fsp3) is 0.217. The van der Waals surface area contributed by atoms with E-state index in [9.17, 15) is 0 Å². The maximum absolute atomic E-state index is 6.26. The summed E-state index contributed by atoms with van der Waals surface area (Å²) in [6, 6.07) is 23.3. The number of furan rings is 1. The number of hydrogen-bond donors (Lipinski definition) is 0. The Bertz CT molecular complexity index is 1040. The van der Waals surface area contributed by atoms with Crippen LogP contribution in [0.4, 0.5) is 11.4 Å². The van der Waals surface area contributed by atoms with Crippen molar-refractivity contribution < 1.29 is 4.42 Å². The first-order valence-electron chi connectivity index (χ1n) is 8.72. The van der Waals surface area contributed by atoms with Crippen molar-refractivity contribution in [2.75, 3.05) is 4.90 Å². The molecule has 0 aliphatic heterocycles. The lowest BCUT2D eigenvalue weighted by molar-refractivity contribution is 0.557. The summed E-state index contributed by atoms with van der Waals surface area (Å²) in [5.74, 6) is 0. The molecule has 2 nitrogen and oxygen atoms in total. The second-order valence-electron chi connectivity index (χ2n) is 7.59. The third kappa shape index (κ3) is 2.68. The summed E-state index contributed by atoms with van der Waals surface area (Å²) < 4.78 is 6.26. The minimum atomic E-state index is -0.0808. The predicted octanol–water partition coefficient (Wildman–Crippen LogP) is 6.83. The predicted molar refractivity (Wildman–Crippen MR) is 107 cm³/mol. The Morgan fingerprint density at radius 2 is 1.44 bits per heavy atom. The van der Waals surface area contributed by atoms with E-state index >= 15 is 0 Å². The molecule has 2 heteroatoms. The molecular formula is C23H23NO. The van der Waals surface area contributed by atoms with E-state index in [1.807, 2.05) is 12.1 Å². The van der Waals surface area contributed by atoms with E-state index < -0.39 is 0 Å². The number of benzene rings is 3. The van der Waals surface area contributed by atoms with Gasteiger partial charge in [0.1, 0.15) is 5.58 Å². The van der Waals surface area contributed by atoms with Crippen LogP contribution in [0.3, 0.4) is 0 Å². The van der Waals surface area contributed by atoms with Gasteiger partial charge in [-0.1, -0.05) is 48.0 Å². The first-order chi connectivity index (χ1) is 11.9. The van der Waals surface area contributed by atoms with Gasteiger partial charge in [0.15, 0.2) is 5.58 Å². The number of hydrogen-bond acceptors (Lipinski definition) is 2. The number of fused-ring (bicyclic) bond motifs is 3. The number of aryl methyl sites for hydroxylation is 1. The van der Waals surface area contributed by atoms with Crippen LogP contribution in [0, 0.1) is 6.92 Å². The van der Waals surface area contributed by atoms with E-state index in [1.165, 1.54) is 11.3 Å². The van der Waals surface area contributed by atoms with E-state index in [4.69, 9.17) is 4.42 Å². The van der Waals surface area contributed by atoms with Crippen LogP contribution < -0.4 is 4.90 Å². The molecule has 4 rings (SSSR count). The van der Waals surface area contributed by atoms with Gasteiger partial charge in [-0.15, -0.1) is 0 Å². The number of para-hydroxylation sites is 2. The lowest BCUT2D eigenvalue weighted by Gasteiger charge is -2.37. The van der Waals surface area contributed by atoms with Gasteiger partial charge < -0.3 is 9.32 Å². The molecule has 0 amide bonds. The lowest BCUT2D eigenvalue weighted by Crippen LogP contribution is -2.37. The molecule has 0 aliphatic carbocycles. The Morgan fingerprint density at radius 1 is 0.760 bits per heavy atom. The average molecular weight is 329 g/mol. The number of nitrogens with zero attached hydrogens (tertiary/aromatic N) is 1. The van der Waals surface area contributed by atoms with Crippen molar-refractivity contribution >= 4 is 33.3 Å². The molecule has 0 fully saturated rings. The van der Waals surface area contributed by atoms with Gasteiger partial charge in [-0.05, 0) is 52.0 Å². The standard InChI is InChI=1S/C23H23NO/c1-16-12-14-17(15-13-16)24(23(2,3)4)20-10-7-9-19-18-8-5-6-11-21(18)25-22(19)20/h5-15H,1-4H3. The monoisotopic (exact) mass is 329 g/mol. The number of rotatable bonds is 2. The smallest absolute Gasteiger partial charge is 0.159 e. The highest BCUT2D eigenvalue weighted by Crippen LogP contribution is 2.41. The molecule has 4 aromatic rings. The van der Waals surface area contributed by atoms with E-state index in [0.29, 0.717) is 0 Å². The van der Waals surface area contributed by atoms with E-state index in [2.05, 4.69) is 87.2 Å². The molecule has 126 valence electrons. The summed E-state index contributed by atoms with van der Waals surface area (Å²) in [6.07, 6.45) is 0. The van der Waals surface area contributed by atoms with Crippen molar-refractivity contribution in [2.24, 2.45) is 0 Å². The van der Waals surface area contributed by atoms with Crippen molar-refractivity contribution in [2.45, 2.75) is 33.2 Å². The highest BCUT2D eigenvalue weighted by atomic mass is 16.3. The molecule has 0 spiro atoms. The maximum atomic E-state index is 6.26. The van der Waals surface area contributed by atoms with Gasteiger partial charge in [-0.2, -0.15) is 0 Å². The molecule has 25 heavy (non-hydrogen) atoms. The van der Waals surface area contributed by atoms with Crippen molar-refractivity contribution in [3.05, 3.63) is 72.3 Å². The second kappa shape index (κ2) is 5.66. The van der Waals surface area contributed by atoms with Crippen LogP contribution >= 0.6 is 0 Å². The average Bonchev–Trinajstić information content (AvgIpc) is 2.95. The molecule has 1 heterocycles. The van der Waals surface area contributed by atoms with Crippen molar-refractivity contribution in [3.63, 3.8) is 0 Å². The maximum Gasteiger partial charge on any atom is 0.159 e. The van der Waals surface area contributed by atoms with Crippen LogP contribution in [0.5, 0.6) is 0 Å². The summed E-state index contributed by atoms with van der Waals surface area (Å²) in [5, 5.41) is 2.33. The van der Waals surface area contributed by atoms with Crippen LogP contribution in [0.25, 0.3) is 21.9 Å². The lowest BCUT2D eigenvalue weighted by atomic mass is 10.0. The molecule has 0 radical (unpaired) electrons. The van der Waals surface area contributed by atoms with Crippen molar-refractivity contribution in [1.82, 2.24) is 0 Å². The minimum absolute atomic E-state index is 0.0808. The molecule has 3 aromatic carbocycles. The van der Waals surface area contributed by atoms with Crippen LogP contribution in [-0.4, -0.2) is 5.54 Å². The van der Waals surface area contributed by atoms with Crippen LogP contribution in [0.1, 0.15) is 26.3 Å². The Kier molecular flexibility index (Phi) is 3.57. The van der Waals surface area contributed by atoms with Crippen LogP contribution in [0.15, 0.2) is 71.1 Å². The third-order valence-electron chi connectivity index (χ3n) is 4.59. The molecule has 0 aliphatic rings. The third-order valence-corrected chi connectivity index (χ3v) is 4.59. The molecule has 0 saturated carbocycles. The topological polar surface area (TPSA) is 16.4 Å². The Morgan fingerprint density at radius 3 is 2.16 bits per heavy atom. The van der Waals surface area contributed by atoms with Gasteiger partial charge in [-0.25, -0.2) is 0 Å². The van der Waals surface area contributed by atoms with Gasteiger partial charge in [0.25, 0.3) is 0 Å². The molecule has 1 aromatic heterocycles. The van der Waals surface area contributed by atoms with Gasteiger partial charge >= 0.3 is 0 Å². The van der Waals surface area contributed by atoms with Crippen LogP contribution in [0.2, 0.25) is 0 Å². The first-order valence-corrected chi connectivity index (χ1v) is 8.72. The highest BCUT2D eigenvalue weighted by molar-refractivity contribution is 6.09. The zero-order chi connectivity index (χ0) is 17.6. The summed E-state index contributed by atoms with van der Waals surface area (Å²) in [7, 11) is 0. The van der Waals surface area contributed by atoms with Crippen molar-refractivity contribution in [3.8, 4) is 0 Å². The van der Waals surface area contributed by atoms with Gasteiger partial charge in [0.2, 0.25) is 0 Å². The molecule has 0 bridgehead atoms. The molecule has 0 saturated heterocycles. The Balaban J connectivity index is 2.00. The zero-order valence-corrected chi connectivity index (χ0v) is 15.2. The van der Waals surface area contributed by atoms with Crippen molar-refractivity contribution in [1.29, 1.82) is 0 Å². The van der Waals surface area contributed by atoms with Gasteiger partial charge in [0, 0.05) is 22.0 Å². The largest absolute Gasteiger partial charge is 0.454 e. The molecule has 0 atom stereocenters. The summed E-state index contributed by atoms with van der Waals surface area (Å²) in [6.45, 7) is 8.81. The van der Waals surface area contributed by atoms with Gasteiger partial charge in [-0.3, -0.25) is 0 Å². The number of anilines is 2. The van der Waals surface area contributed by atoms with Gasteiger partial charge in [0.05, 0.1) is 5.69 Å². The second-order valence-corrected chi connectivity index (χ2v) is 7.59. The summed E-state index contributed by atoms with van der Waals surface area (Å²) >= 11 is 0. The molecule has 0 unspecified atom stereocenters. The molecule has 0 N–H and O–H groups in total. The SMILES string of the molecule is Cc1ccc(N(c2cccc3c2oc2ccccc23)C(C)(C)C)cc1. The summed E-state index contributed by atoms with van der Waals surface area (Å²) in [4.78, 5) is 2.36. The fourth-order valence-electron chi connectivity index (χ4n) is 3.49. The fourth-order valence-corrected chi connectivity index (χ4v) is 3.49. The van der Waals surface area contributed by atoms with E-state index in [1.54, 1.807) is 0 Å². The first kappa shape index (κ1) is 15.8. The van der Waals surface area contributed by atoms with E-state index in [0.717, 1.165) is 27.6 Å². The normalized spacial score (nSPS) is 12.0. The zero-order valence-electron chi connectivity index (χ0n) is 15.2. The van der Waals surface area contributed by atoms with E-state index in [-0.39, 0.29) is 5.54 Å². The Hall–Kier alpha value is -2.74. The molecular weight excluding hydrogens is 306 g/mol.